The lowest BCUT2D eigenvalue weighted by atomic mass is 10.0. The van der Waals surface area contributed by atoms with Crippen molar-refractivity contribution < 1.29 is 38.1 Å². The van der Waals surface area contributed by atoms with Crippen molar-refractivity contribution in [3.63, 3.8) is 0 Å². The number of carbonyl (C=O) groups excluding carboxylic acids is 4. The van der Waals surface area contributed by atoms with Gasteiger partial charge in [0.15, 0.2) is 0 Å². The van der Waals surface area contributed by atoms with Crippen LogP contribution >= 0.6 is 0 Å². The van der Waals surface area contributed by atoms with E-state index in [9.17, 15) is 19.2 Å². The second-order valence-electron chi connectivity index (χ2n) is 12.1. The molecule has 1 aliphatic rings. The molecular formula is C31H38N6O8. The van der Waals surface area contributed by atoms with Crippen LogP contribution in [0.1, 0.15) is 76.5 Å². The number of fused-ring (bicyclic) bond motifs is 1. The number of alkyl carbamates (subject to hydrolysis) is 1. The van der Waals surface area contributed by atoms with Gasteiger partial charge in [-0.1, -0.05) is 0 Å². The molecule has 4 heterocycles. The summed E-state index contributed by atoms with van der Waals surface area (Å²) in [6, 6.07) is 3.24. The van der Waals surface area contributed by atoms with E-state index in [1.54, 1.807) is 72.9 Å². The molecule has 2 amide bonds. The Kier molecular flexibility index (Phi) is 9.64. The summed E-state index contributed by atoms with van der Waals surface area (Å²) in [5.41, 5.74) is 1.32. The number of pyridine rings is 1. The first-order chi connectivity index (χ1) is 21.1. The van der Waals surface area contributed by atoms with E-state index in [-0.39, 0.29) is 42.7 Å². The summed E-state index contributed by atoms with van der Waals surface area (Å²) in [5, 5.41) is 9.74. The Balaban J connectivity index is 1.61. The SMILES string of the molecule is CCOC(=O)c1cc[nH]c1/C=C1\C(=O)Nc2cnc(-c3cn(C(=O)OC(C)(C)C)nc3OCCCNC(=O)OC(C)(C)C)cc21. The van der Waals surface area contributed by atoms with Crippen molar-refractivity contribution in [1.29, 1.82) is 0 Å². The number of hydrogen-bond donors (Lipinski definition) is 3. The van der Waals surface area contributed by atoms with E-state index in [0.717, 1.165) is 4.68 Å². The van der Waals surface area contributed by atoms with E-state index in [0.29, 0.717) is 34.6 Å². The molecule has 3 aromatic heterocycles. The maximum Gasteiger partial charge on any atom is 0.435 e. The Morgan fingerprint density at radius 1 is 1.07 bits per heavy atom. The molecule has 0 unspecified atom stereocenters. The Bertz CT molecular complexity index is 1620. The predicted octanol–water partition coefficient (Wildman–Crippen LogP) is 5.02. The summed E-state index contributed by atoms with van der Waals surface area (Å²) in [6.45, 7) is 12.9. The van der Waals surface area contributed by atoms with E-state index in [4.69, 9.17) is 18.9 Å². The molecule has 0 spiro atoms. The molecule has 0 saturated carbocycles. The van der Waals surface area contributed by atoms with Crippen LogP contribution in [-0.2, 0) is 19.0 Å². The van der Waals surface area contributed by atoms with Gasteiger partial charge in [-0.2, -0.15) is 4.68 Å². The number of anilines is 1. The van der Waals surface area contributed by atoms with E-state index < -0.39 is 29.4 Å². The Morgan fingerprint density at radius 2 is 1.80 bits per heavy atom. The summed E-state index contributed by atoms with van der Waals surface area (Å²) in [6.07, 6.45) is 5.24. The molecule has 0 aromatic carbocycles. The van der Waals surface area contributed by atoms with E-state index in [1.165, 1.54) is 12.4 Å². The molecule has 0 radical (unpaired) electrons. The maximum absolute atomic E-state index is 13.0. The van der Waals surface area contributed by atoms with Crippen molar-refractivity contribution >= 4 is 41.4 Å². The number of amides is 2. The lowest BCUT2D eigenvalue weighted by molar-refractivity contribution is -0.110. The topological polar surface area (TPSA) is 176 Å². The van der Waals surface area contributed by atoms with Gasteiger partial charge in [0, 0.05) is 18.3 Å². The first-order valence-corrected chi connectivity index (χ1v) is 14.5. The Labute approximate surface area is 260 Å². The minimum absolute atomic E-state index is 0.0994. The molecule has 0 atom stereocenters. The summed E-state index contributed by atoms with van der Waals surface area (Å²) >= 11 is 0. The zero-order valence-corrected chi connectivity index (χ0v) is 26.4. The third-order valence-corrected chi connectivity index (χ3v) is 6.01. The van der Waals surface area contributed by atoms with Crippen molar-refractivity contribution in [2.24, 2.45) is 0 Å². The number of ether oxygens (including phenoxy) is 4. The number of esters is 1. The number of carbonyl (C=O) groups is 4. The highest BCUT2D eigenvalue weighted by Gasteiger charge is 2.28. The molecule has 45 heavy (non-hydrogen) atoms. The molecule has 0 fully saturated rings. The van der Waals surface area contributed by atoms with Gasteiger partial charge in [-0.15, -0.1) is 5.10 Å². The number of aromatic nitrogens is 4. The van der Waals surface area contributed by atoms with E-state index >= 15 is 0 Å². The third-order valence-electron chi connectivity index (χ3n) is 6.01. The molecule has 0 saturated heterocycles. The van der Waals surface area contributed by atoms with Crippen LogP contribution in [-0.4, -0.2) is 74.8 Å². The number of aromatic amines is 1. The largest absolute Gasteiger partial charge is 0.476 e. The highest BCUT2D eigenvalue weighted by Crippen LogP contribution is 2.37. The minimum Gasteiger partial charge on any atom is -0.476 e. The highest BCUT2D eigenvalue weighted by atomic mass is 16.6. The van der Waals surface area contributed by atoms with Crippen LogP contribution in [0.5, 0.6) is 5.88 Å². The maximum atomic E-state index is 13.0. The molecule has 14 heteroatoms. The van der Waals surface area contributed by atoms with Crippen LogP contribution < -0.4 is 15.4 Å². The average Bonchev–Trinajstić information content (AvgIpc) is 3.64. The van der Waals surface area contributed by atoms with Gasteiger partial charge in [-0.3, -0.25) is 9.78 Å². The standard InChI is InChI=1S/C31H38N6O8/c1-8-42-27(39)18-10-12-32-22(18)15-20-19-14-23(34-16-24(19)35-25(20)38)21-17-37(29(41)45-31(5,6)7)36-26(21)43-13-9-11-33-28(40)44-30(2,3)4/h10,12,14-17,32H,8-9,11,13H2,1-7H3,(H,33,40)(H,35,38)/b20-15-. The van der Waals surface area contributed by atoms with Gasteiger partial charge < -0.3 is 34.6 Å². The Morgan fingerprint density at radius 3 is 2.49 bits per heavy atom. The Hall–Kier alpha value is -5.14. The average molecular weight is 623 g/mol. The molecule has 4 rings (SSSR count). The van der Waals surface area contributed by atoms with Gasteiger partial charge in [-0.25, -0.2) is 14.4 Å². The van der Waals surface area contributed by atoms with E-state index in [1.807, 2.05) is 0 Å². The highest BCUT2D eigenvalue weighted by molar-refractivity contribution is 6.35. The minimum atomic E-state index is -0.769. The predicted molar refractivity (Wildman–Crippen MR) is 165 cm³/mol. The fourth-order valence-electron chi connectivity index (χ4n) is 4.20. The molecular weight excluding hydrogens is 584 g/mol. The molecule has 0 bridgehead atoms. The van der Waals surface area contributed by atoms with Crippen LogP contribution in [0.2, 0.25) is 0 Å². The van der Waals surface area contributed by atoms with Crippen molar-refractivity contribution in [1.82, 2.24) is 25.1 Å². The lowest BCUT2D eigenvalue weighted by Gasteiger charge is -2.19. The van der Waals surface area contributed by atoms with Crippen LogP contribution in [0.15, 0.2) is 30.7 Å². The summed E-state index contributed by atoms with van der Waals surface area (Å²) < 4.78 is 22.8. The molecule has 240 valence electrons. The number of hydrogen-bond acceptors (Lipinski definition) is 10. The quantitative estimate of drug-likeness (QED) is 0.127. The van der Waals surface area contributed by atoms with Gasteiger partial charge in [0.2, 0.25) is 5.88 Å². The zero-order chi connectivity index (χ0) is 32.9. The molecule has 0 aliphatic carbocycles. The van der Waals surface area contributed by atoms with Crippen LogP contribution in [0, 0.1) is 0 Å². The van der Waals surface area contributed by atoms with Gasteiger partial charge >= 0.3 is 18.2 Å². The van der Waals surface area contributed by atoms with Crippen LogP contribution in [0.4, 0.5) is 15.3 Å². The first kappa shape index (κ1) is 32.8. The summed E-state index contributed by atoms with van der Waals surface area (Å²) in [4.78, 5) is 57.6. The van der Waals surface area contributed by atoms with Crippen molar-refractivity contribution in [3.05, 3.63) is 47.5 Å². The van der Waals surface area contributed by atoms with Crippen molar-refractivity contribution in [2.75, 3.05) is 25.1 Å². The molecule has 3 N–H and O–H groups in total. The first-order valence-electron chi connectivity index (χ1n) is 14.5. The second kappa shape index (κ2) is 13.2. The number of H-pyrrole nitrogens is 1. The number of nitrogens with zero attached hydrogens (tertiary/aromatic N) is 3. The van der Waals surface area contributed by atoms with Crippen molar-refractivity contribution in [3.8, 4) is 17.1 Å². The zero-order valence-electron chi connectivity index (χ0n) is 26.4. The number of nitrogens with one attached hydrogen (secondary N) is 3. The van der Waals surface area contributed by atoms with Gasteiger partial charge in [-0.05, 0) is 73.1 Å². The monoisotopic (exact) mass is 622 g/mol. The molecule has 3 aromatic rings. The van der Waals surface area contributed by atoms with Crippen LogP contribution in [0.3, 0.4) is 0 Å². The van der Waals surface area contributed by atoms with Crippen LogP contribution in [0.25, 0.3) is 22.9 Å². The van der Waals surface area contributed by atoms with Gasteiger partial charge in [0.05, 0.1) is 59.4 Å². The van der Waals surface area contributed by atoms with Gasteiger partial charge in [0.1, 0.15) is 11.2 Å². The normalized spacial score (nSPS) is 13.7. The molecule has 1 aliphatic heterocycles. The lowest BCUT2D eigenvalue weighted by Crippen LogP contribution is -2.33. The van der Waals surface area contributed by atoms with E-state index in [2.05, 4.69) is 25.7 Å². The smallest absolute Gasteiger partial charge is 0.435 e. The number of rotatable bonds is 9. The summed E-state index contributed by atoms with van der Waals surface area (Å²) in [7, 11) is 0. The van der Waals surface area contributed by atoms with Crippen molar-refractivity contribution in [2.45, 2.75) is 66.1 Å². The summed E-state index contributed by atoms with van der Waals surface area (Å²) in [5.74, 6) is -0.800. The molecule has 14 nitrogen and oxygen atoms in total. The fourth-order valence-corrected chi connectivity index (χ4v) is 4.20. The van der Waals surface area contributed by atoms with Gasteiger partial charge in [0.25, 0.3) is 5.91 Å². The third kappa shape index (κ3) is 8.49. The second-order valence-corrected chi connectivity index (χ2v) is 12.1. The fraction of sp³-hybridized carbons (Fsp3) is 0.419.